The van der Waals surface area contributed by atoms with Gasteiger partial charge in [-0.05, 0) is 23.5 Å². The lowest BCUT2D eigenvalue weighted by Gasteiger charge is -2.22. The third-order valence-electron chi connectivity index (χ3n) is 4.20. The molecule has 0 aliphatic carbocycles. The summed E-state index contributed by atoms with van der Waals surface area (Å²) in [5.41, 5.74) is 0.0814. The molecule has 1 amide bonds. The van der Waals surface area contributed by atoms with Gasteiger partial charge < -0.3 is 9.64 Å². The van der Waals surface area contributed by atoms with Crippen molar-refractivity contribution in [3.63, 3.8) is 0 Å². The summed E-state index contributed by atoms with van der Waals surface area (Å²) in [5, 5.41) is 0. The molecule has 20 heavy (non-hydrogen) atoms. The van der Waals surface area contributed by atoms with Crippen LogP contribution in [0.15, 0.2) is 12.1 Å². The number of carbonyl (C=O) groups is 1. The van der Waals surface area contributed by atoms with Gasteiger partial charge in [-0.2, -0.15) is 4.39 Å². The first kappa shape index (κ1) is 14.8. The molecule has 0 spiro atoms. The molecule has 0 N–H and O–H groups in total. The molecule has 5 heteroatoms. The molecular weight excluding hydrogens is 264 g/mol. The number of nitrogens with zero attached hydrogens (tertiary/aromatic N) is 1. The van der Waals surface area contributed by atoms with Crippen molar-refractivity contribution in [1.82, 2.24) is 4.90 Å². The Labute approximate surface area is 117 Å². The van der Waals surface area contributed by atoms with Gasteiger partial charge in [0, 0.05) is 13.1 Å². The highest BCUT2D eigenvalue weighted by Crippen LogP contribution is 2.36. The number of hydrogen-bond donors (Lipinski definition) is 0. The zero-order valence-corrected chi connectivity index (χ0v) is 12.2. The molecule has 1 saturated heterocycles. The van der Waals surface area contributed by atoms with E-state index in [1.54, 1.807) is 4.90 Å². The van der Waals surface area contributed by atoms with Crippen LogP contribution >= 0.6 is 0 Å². The highest BCUT2D eigenvalue weighted by Gasteiger charge is 2.39. The van der Waals surface area contributed by atoms with E-state index in [1.807, 2.05) is 0 Å². The zero-order valence-electron chi connectivity index (χ0n) is 12.2. The van der Waals surface area contributed by atoms with E-state index in [0.717, 1.165) is 6.07 Å². The van der Waals surface area contributed by atoms with Crippen LogP contribution in [0.1, 0.15) is 31.1 Å². The smallest absolute Gasteiger partial charge is 0.257 e. The molecule has 1 aliphatic rings. The van der Waals surface area contributed by atoms with Gasteiger partial charge in [0.15, 0.2) is 11.6 Å². The molecule has 0 radical (unpaired) electrons. The number of rotatable bonds is 2. The fourth-order valence-corrected chi connectivity index (χ4v) is 2.52. The molecule has 1 fully saturated rings. The molecule has 0 bridgehead atoms. The maximum absolute atomic E-state index is 13.7. The van der Waals surface area contributed by atoms with Crippen molar-refractivity contribution in [3.8, 4) is 5.75 Å². The number of carbonyl (C=O) groups excluding carboxylic acids is 1. The monoisotopic (exact) mass is 283 g/mol. The zero-order chi connectivity index (χ0) is 15.1. The maximum Gasteiger partial charge on any atom is 0.257 e. The van der Waals surface area contributed by atoms with E-state index in [1.165, 1.54) is 13.2 Å². The highest BCUT2D eigenvalue weighted by atomic mass is 19.2. The lowest BCUT2D eigenvalue weighted by Crippen LogP contribution is -2.30. The molecule has 110 valence electrons. The standard InChI is InChI=1S/C15H19F2NO2/c1-9-7-18(8-15(9,2)3)14(19)10-5-6-11(16)12(17)13(10)20-4/h5-6,9H,7-8H2,1-4H3. The second-order valence-corrected chi connectivity index (χ2v) is 6.02. The van der Waals surface area contributed by atoms with Gasteiger partial charge in [0.05, 0.1) is 12.7 Å². The third kappa shape index (κ3) is 2.37. The average Bonchev–Trinajstić information content (AvgIpc) is 2.66. The molecule has 1 aromatic rings. The first-order chi connectivity index (χ1) is 9.27. The molecular formula is C15H19F2NO2. The molecule has 1 unspecified atom stereocenters. The van der Waals surface area contributed by atoms with E-state index in [4.69, 9.17) is 4.74 Å². The second kappa shape index (κ2) is 5.04. The largest absolute Gasteiger partial charge is 0.493 e. The van der Waals surface area contributed by atoms with Crippen molar-refractivity contribution in [2.45, 2.75) is 20.8 Å². The van der Waals surface area contributed by atoms with Crippen molar-refractivity contribution in [2.24, 2.45) is 11.3 Å². The number of halogens is 2. The number of methoxy groups -OCH3 is 1. The molecule has 1 heterocycles. The van der Waals surface area contributed by atoms with Crippen molar-refractivity contribution in [3.05, 3.63) is 29.3 Å². The lowest BCUT2D eigenvalue weighted by molar-refractivity contribution is 0.0773. The second-order valence-electron chi connectivity index (χ2n) is 6.02. The lowest BCUT2D eigenvalue weighted by atomic mass is 9.84. The molecule has 1 aromatic carbocycles. The Balaban J connectivity index is 2.34. The normalized spacial score (nSPS) is 21.1. The summed E-state index contributed by atoms with van der Waals surface area (Å²) in [7, 11) is 1.23. The van der Waals surface area contributed by atoms with Crippen molar-refractivity contribution in [2.75, 3.05) is 20.2 Å². The van der Waals surface area contributed by atoms with Crippen molar-refractivity contribution in [1.29, 1.82) is 0 Å². The fraction of sp³-hybridized carbons (Fsp3) is 0.533. The van der Waals surface area contributed by atoms with Crippen LogP contribution in [0, 0.1) is 23.0 Å². The number of hydrogen-bond acceptors (Lipinski definition) is 2. The molecule has 0 saturated carbocycles. The van der Waals surface area contributed by atoms with Crippen LogP contribution in [-0.2, 0) is 0 Å². The summed E-state index contributed by atoms with van der Waals surface area (Å²) in [5.74, 6) is -2.44. The van der Waals surface area contributed by atoms with Crippen LogP contribution in [-0.4, -0.2) is 31.0 Å². The quantitative estimate of drug-likeness (QED) is 0.834. The van der Waals surface area contributed by atoms with Gasteiger partial charge in [-0.25, -0.2) is 4.39 Å². The van der Waals surface area contributed by atoms with E-state index < -0.39 is 11.6 Å². The van der Waals surface area contributed by atoms with Crippen LogP contribution in [0.4, 0.5) is 8.78 Å². The molecule has 3 nitrogen and oxygen atoms in total. The topological polar surface area (TPSA) is 29.5 Å². The van der Waals surface area contributed by atoms with Gasteiger partial charge in [0.2, 0.25) is 5.82 Å². The SMILES string of the molecule is COc1c(C(=O)N2CC(C)C(C)(C)C2)ccc(F)c1F. The molecule has 2 rings (SSSR count). The van der Waals surface area contributed by atoms with Gasteiger partial charge >= 0.3 is 0 Å². The first-order valence-corrected chi connectivity index (χ1v) is 6.59. The van der Waals surface area contributed by atoms with Gasteiger partial charge in [-0.1, -0.05) is 20.8 Å². The van der Waals surface area contributed by atoms with Gasteiger partial charge in [0.25, 0.3) is 5.91 Å². The van der Waals surface area contributed by atoms with Crippen LogP contribution in [0.3, 0.4) is 0 Å². The van der Waals surface area contributed by atoms with E-state index in [-0.39, 0.29) is 22.6 Å². The van der Waals surface area contributed by atoms with Crippen molar-refractivity contribution >= 4 is 5.91 Å². The Kier molecular flexibility index (Phi) is 3.71. The predicted molar refractivity (Wildman–Crippen MR) is 71.8 cm³/mol. The Morgan fingerprint density at radius 1 is 1.40 bits per heavy atom. The summed E-state index contributed by atoms with van der Waals surface area (Å²) in [4.78, 5) is 14.1. The van der Waals surface area contributed by atoms with E-state index in [9.17, 15) is 13.6 Å². The molecule has 0 aromatic heterocycles. The minimum Gasteiger partial charge on any atom is -0.493 e. The minimum atomic E-state index is -1.12. The number of ether oxygens (including phenoxy) is 1. The highest BCUT2D eigenvalue weighted by molar-refractivity contribution is 5.97. The Morgan fingerprint density at radius 2 is 2.05 bits per heavy atom. The Bertz CT molecular complexity index is 543. The molecule has 1 atom stereocenters. The number of likely N-dealkylation sites (tertiary alicyclic amines) is 1. The predicted octanol–water partition coefficient (Wildman–Crippen LogP) is 3.09. The first-order valence-electron chi connectivity index (χ1n) is 6.59. The fourth-order valence-electron chi connectivity index (χ4n) is 2.52. The van der Waals surface area contributed by atoms with Crippen LogP contribution in [0.2, 0.25) is 0 Å². The molecule has 1 aliphatic heterocycles. The summed E-state index contributed by atoms with van der Waals surface area (Å²) in [6.45, 7) is 7.46. The maximum atomic E-state index is 13.7. The summed E-state index contributed by atoms with van der Waals surface area (Å²) in [6, 6.07) is 2.23. The summed E-state index contributed by atoms with van der Waals surface area (Å²) >= 11 is 0. The van der Waals surface area contributed by atoms with Gasteiger partial charge in [-0.3, -0.25) is 4.79 Å². The van der Waals surface area contributed by atoms with Gasteiger partial charge in [-0.15, -0.1) is 0 Å². The average molecular weight is 283 g/mol. The minimum absolute atomic E-state index is 0.0153. The van der Waals surface area contributed by atoms with E-state index in [2.05, 4.69) is 20.8 Å². The summed E-state index contributed by atoms with van der Waals surface area (Å²) in [6.07, 6.45) is 0. The third-order valence-corrected chi connectivity index (χ3v) is 4.20. The summed E-state index contributed by atoms with van der Waals surface area (Å²) < 4.78 is 31.7. The van der Waals surface area contributed by atoms with Crippen LogP contribution in [0.5, 0.6) is 5.75 Å². The Hall–Kier alpha value is -1.65. The van der Waals surface area contributed by atoms with Gasteiger partial charge in [0.1, 0.15) is 0 Å². The number of amides is 1. The Morgan fingerprint density at radius 3 is 2.55 bits per heavy atom. The van der Waals surface area contributed by atoms with Crippen molar-refractivity contribution < 1.29 is 18.3 Å². The number of benzene rings is 1. The van der Waals surface area contributed by atoms with Crippen LogP contribution < -0.4 is 4.74 Å². The van der Waals surface area contributed by atoms with E-state index in [0.29, 0.717) is 19.0 Å². The van der Waals surface area contributed by atoms with Crippen LogP contribution in [0.25, 0.3) is 0 Å². The van der Waals surface area contributed by atoms with E-state index >= 15 is 0 Å².